The molecule has 1 N–H and O–H groups in total. The molecule has 2 aliphatic rings. The number of piperidine rings is 1. The molecule has 2 aromatic rings. The predicted octanol–water partition coefficient (Wildman–Crippen LogP) is 3.39. The molecule has 4 rings (SSSR count). The number of carbonyl (C=O) groups excluding carboxylic acids is 1. The van der Waals surface area contributed by atoms with Gasteiger partial charge >= 0.3 is 0 Å². The molecule has 3 heterocycles. The van der Waals surface area contributed by atoms with Gasteiger partial charge in [0, 0.05) is 37.2 Å². The van der Waals surface area contributed by atoms with Crippen molar-refractivity contribution < 1.29 is 9.18 Å². The molecule has 5 nitrogen and oxygen atoms in total. The number of anilines is 1. The Morgan fingerprint density at radius 3 is 2.79 bits per heavy atom. The van der Waals surface area contributed by atoms with E-state index in [1.165, 1.54) is 17.7 Å². The zero-order chi connectivity index (χ0) is 20.2. The number of amides is 1. The maximum Gasteiger partial charge on any atom is 0.228 e. The summed E-state index contributed by atoms with van der Waals surface area (Å²) in [5, 5.41) is 2.88. The predicted molar refractivity (Wildman–Crippen MR) is 112 cm³/mol. The molecule has 1 aromatic carbocycles. The van der Waals surface area contributed by atoms with Gasteiger partial charge in [-0.1, -0.05) is 12.1 Å². The fourth-order valence-electron chi connectivity index (χ4n) is 4.83. The second-order valence-electron chi connectivity index (χ2n) is 8.41. The number of hydrogen-bond donors (Lipinski definition) is 1. The second-order valence-corrected chi connectivity index (χ2v) is 8.41. The maximum absolute atomic E-state index is 13.4. The van der Waals surface area contributed by atoms with Crippen molar-refractivity contribution in [1.82, 2.24) is 14.8 Å². The van der Waals surface area contributed by atoms with Crippen LogP contribution in [-0.2, 0) is 11.3 Å². The van der Waals surface area contributed by atoms with Crippen LogP contribution >= 0.6 is 0 Å². The van der Waals surface area contributed by atoms with Gasteiger partial charge in [0.25, 0.3) is 0 Å². The largest absolute Gasteiger partial charge is 0.326 e. The second kappa shape index (κ2) is 9.01. The number of hydrogen-bond acceptors (Lipinski definition) is 4. The summed E-state index contributed by atoms with van der Waals surface area (Å²) in [7, 11) is 2.13. The zero-order valence-corrected chi connectivity index (χ0v) is 16.9. The lowest BCUT2D eigenvalue weighted by Gasteiger charge is -2.37. The van der Waals surface area contributed by atoms with Crippen LogP contribution in [0, 0.1) is 17.7 Å². The summed E-state index contributed by atoms with van der Waals surface area (Å²) < 4.78 is 13.4. The Balaban J connectivity index is 1.28. The quantitative estimate of drug-likeness (QED) is 0.842. The smallest absolute Gasteiger partial charge is 0.228 e. The van der Waals surface area contributed by atoms with E-state index in [9.17, 15) is 9.18 Å². The van der Waals surface area contributed by atoms with Crippen molar-refractivity contribution in [3.05, 3.63) is 60.2 Å². The summed E-state index contributed by atoms with van der Waals surface area (Å²) in [6, 6.07) is 10.7. The molecule has 2 fully saturated rings. The molecule has 0 bridgehead atoms. The van der Waals surface area contributed by atoms with Crippen LogP contribution < -0.4 is 5.32 Å². The van der Waals surface area contributed by atoms with Crippen LogP contribution in [0.2, 0.25) is 0 Å². The van der Waals surface area contributed by atoms with Gasteiger partial charge in [-0.2, -0.15) is 0 Å². The minimum Gasteiger partial charge on any atom is -0.326 e. The van der Waals surface area contributed by atoms with E-state index in [4.69, 9.17) is 0 Å². The third-order valence-corrected chi connectivity index (χ3v) is 6.37. The number of nitrogens with zero attached hydrogens (tertiary/aromatic N) is 3. The molecule has 2 aliphatic heterocycles. The normalized spacial score (nSPS) is 23.9. The van der Waals surface area contributed by atoms with Crippen LogP contribution in [0.5, 0.6) is 0 Å². The Kier molecular flexibility index (Phi) is 6.21. The number of aromatic nitrogens is 1. The van der Waals surface area contributed by atoms with Gasteiger partial charge in [0.2, 0.25) is 5.91 Å². The van der Waals surface area contributed by atoms with Crippen LogP contribution in [0.3, 0.4) is 0 Å². The minimum absolute atomic E-state index is 0.000960. The van der Waals surface area contributed by atoms with Gasteiger partial charge in [-0.25, -0.2) is 4.39 Å². The first kappa shape index (κ1) is 20.0. The number of carbonyl (C=O) groups is 1. The lowest BCUT2D eigenvalue weighted by molar-refractivity contribution is -0.119. The summed E-state index contributed by atoms with van der Waals surface area (Å²) in [4.78, 5) is 21.7. The Hall–Kier alpha value is -2.31. The SMILES string of the molecule is CN1C[C@H](C(=O)Nc2cccc(F)c2)C[C@H]1C1CCN(Cc2cccnc2)CC1. The number of pyridine rings is 1. The zero-order valence-electron chi connectivity index (χ0n) is 16.9. The van der Waals surface area contributed by atoms with Gasteiger partial charge in [0.05, 0.1) is 5.92 Å². The third-order valence-electron chi connectivity index (χ3n) is 6.37. The molecular formula is C23H29FN4O. The summed E-state index contributed by atoms with van der Waals surface area (Å²) in [6.07, 6.45) is 6.96. The van der Waals surface area contributed by atoms with Gasteiger partial charge < -0.3 is 10.2 Å². The van der Waals surface area contributed by atoms with Gasteiger partial charge in [-0.3, -0.25) is 14.7 Å². The number of benzene rings is 1. The summed E-state index contributed by atoms with van der Waals surface area (Å²) in [6.45, 7) is 3.90. The van der Waals surface area contributed by atoms with Crippen LogP contribution in [0.15, 0.2) is 48.8 Å². The molecule has 0 unspecified atom stereocenters. The van der Waals surface area contributed by atoms with Crippen molar-refractivity contribution in [3.8, 4) is 0 Å². The number of halogens is 1. The lowest BCUT2D eigenvalue weighted by Crippen LogP contribution is -2.41. The van der Waals surface area contributed by atoms with Gasteiger partial charge in [-0.05, 0) is 75.1 Å². The van der Waals surface area contributed by atoms with Crippen molar-refractivity contribution in [2.45, 2.75) is 31.8 Å². The van der Waals surface area contributed by atoms with E-state index in [0.29, 0.717) is 17.6 Å². The van der Waals surface area contributed by atoms with Crippen molar-refractivity contribution in [2.24, 2.45) is 11.8 Å². The fourth-order valence-corrected chi connectivity index (χ4v) is 4.83. The van der Waals surface area contributed by atoms with E-state index >= 15 is 0 Å². The Morgan fingerprint density at radius 2 is 2.07 bits per heavy atom. The van der Waals surface area contributed by atoms with E-state index < -0.39 is 0 Å². The van der Waals surface area contributed by atoms with E-state index in [0.717, 1.165) is 45.4 Å². The lowest BCUT2D eigenvalue weighted by atomic mass is 9.86. The molecule has 0 spiro atoms. The average molecular weight is 397 g/mol. The molecule has 2 atom stereocenters. The molecule has 0 saturated carbocycles. The highest BCUT2D eigenvalue weighted by Gasteiger charge is 2.39. The molecule has 2 saturated heterocycles. The Morgan fingerprint density at radius 1 is 1.24 bits per heavy atom. The Bertz CT molecular complexity index is 823. The van der Waals surface area contributed by atoms with Crippen molar-refractivity contribution >= 4 is 11.6 Å². The number of likely N-dealkylation sites (tertiary alicyclic amines) is 2. The average Bonchev–Trinajstić information content (AvgIpc) is 3.11. The highest BCUT2D eigenvalue weighted by molar-refractivity contribution is 5.92. The van der Waals surface area contributed by atoms with Crippen LogP contribution in [0.1, 0.15) is 24.8 Å². The van der Waals surface area contributed by atoms with Gasteiger partial charge in [-0.15, -0.1) is 0 Å². The molecule has 6 heteroatoms. The van der Waals surface area contributed by atoms with Crippen LogP contribution in [-0.4, -0.2) is 53.4 Å². The highest BCUT2D eigenvalue weighted by Crippen LogP contribution is 2.33. The highest BCUT2D eigenvalue weighted by atomic mass is 19.1. The molecule has 154 valence electrons. The monoisotopic (exact) mass is 396 g/mol. The van der Waals surface area contributed by atoms with Crippen molar-refractivity contribution in [2.75, 3.05) is 32.0 Å². The summed E-state index contributed by atoms with van der Waals surface area (Å²) in [5.74, 6) is 0.250. The van der Waals surface area contributed by atoms with Crippen LogP contribution in [0.25, 0.3) is 0 Å². The molecular weight excluding hydrogens is 367 g/mol. The number of rotatable bonds is 5. The van der Waals surface area contributed by atoms with E-state index in [2.05, 4.69) is 33.2 Å². The number of nitrogens with one attached hydrogen (secondary N) is 1. The van der Waals surface area contributed by atoms with E-state index in [-0.39, 0.29) is 17.6 Å². The van der Waals surface area contributed by atoms with Crippen molar-refractivity contribution in [3.63, 3.8) is 0 Å². The summed E-state index contributed by atoms with van der Waals surface area (Å²) >= 11 is 0. The first-order valence-corrected chi connectivity index (χ1v) is 10.5. The Labute approximate surface area is 171 Å². The standard InChI is InChI=1S/C23H29FN4O/c1-27-16-19(23(29)26-21-6-2-5-20(24)13-21)12-22(27)18-7-10-28(11-8-18)15-17-4-3-9-25-14-17/h2-6,9,13-14,18-19,22H,7-8,10-12,15-16H2,1H3,(H,26,29)/t19-,22+/m1/s1. The topological polar surface area (TPSA) is 48.5 Å². The van der Waals surface area contributed by atoms with Gasteiger partial charge in [0.15, 0.2) is 0 Å². The minimum atomic E-state index is -0.331. The fraction of sp³-hybridized carbons (Fsp3) is 0.478. The van der Waals surface area contributed by atoms with Crippen LogP contribution in [0.4, 0.5) is 10.1 Å². The van der Waals surface area contributed by atoms with E-state index in [1.54, 1.807) is 12.1 Å². The third kappa shape index (κ3) is 5.00. The van der Waals surface area contributed by atoms with Crippen molar-refractivity contribution in [1.29, 1.82) is 0 Å². The van der Waals surface area contributed by atoms with E-state index in [1.807, 2.05) is 18.5 Å². The van der Waals surface area contributed by atoms with Gasteiger partial charge in [0.1, 0.15) is 5.82 Å². The molecule has 1 amide bonds. The molecule has 1 aromatic heterocycles. The maximum atomic E-state index is 13.4. The molecule has 0 radical (unpaired) electrons. The molecule has 29 heavy (non-hydrogen) atoms. The summed E-state index contributed by atoms with van der Waals surface area (Å²) in [5.41, 5.74) is 1.79. The first-order valence-electron chi connectivity index (χ1n) is 10.5. The first-order chi connectivity index (χ1) is 14.1. The molecule has 0 aliphatic carbocycles.